The van der Waals surface area contributed by atoms with Gasteiger partial charge in [-0.05, 0) is 49.0 Å². The van der Waals surface area contributed by atoms with Gasteiger partial charge in [-0.3, -0.25) is 9.59 Å². The number of carboxylic acid groups (broad SMARTS) is 1. The Morgan fingerprint density at radius 1 is 1.36 bits per heavy atom. The number of Topliss-reactive ketones (excluding diaryl/α,β-unsaturated/α-hetero) is 1. The molecule has 28 heavy (non-hydrogen) atoms. The summed E-state index contributed by atoms with van der Waals surface area (Å²) >= 11 is 2.93. The van der Waals surface area contributed by atoms with Crippen molar-refractivity contribution in [2.24, 2.45) is 11.3 Å². The SMILES string of the molecule is CCCC1(CC(O)/C=C/[C@H]2[C@H](O)CC(=O)[C@@H]2SCCCSCC(=O)O)CCC1. The van der Waals surface area contributed by atoms with E-state index in [1.165, 1.54) is 31.0 Å². The molecule has 0 aromatic carbocycles. The average molecular weight is 431 g/mol. The molecule has 4 atom stereocenters. The van der Waals surface area contributed by atoms with Crippen LogP contribution in [-0.2, 0) is 9.59 Å². The van der Waals surface area contributed by atoms with Crippen molar-refractivity contribution in [3.8, 4) is 0 Å². The highest BCUT2D eigenvalue weighted by molar-refractivity contribution is 8.01. The van der Waals surface area contributed by atoms with Crippen LogP contribution in [-0.4, -0.2) is 61.8 Å². The first kappa shape index (κ1) is 23.8. The summed E-state index contributed by atoms with van der Waals surface area (Å²) in [5.74, 6) is 0.639. The fourth-order valence-electron chi connectivity index (χ4n) is 4.37. The number of aliphatic hydroxyl groups excluding tert-OH is 2. The smallest absolute Gasteiger partial charge is 0.313 e. The number of ketones is 1. The van der Waals surface area contributed by atoms with Crippen LogP contribution in [0.3, 0.4) is 0 Å². The number of hydrogen-bond donors (Lipinski definition) is 3. The van der Waals surface area contributed by atoms with Gasteiger partial charge in [-0.25, -0.2) is 0 Å². The van der Waals surface area contributed by atoms with Crippen LogP contribution in [0.15, 0.2) is 12.2 Å². The summed E-state index contributed by atoms with van der Waals surface area (Å²) in [6.45, 7) is 2.19. The second-order valence-corrected chi connectivity index (χ2v) is 10.5. The molecule has 0 amide bonds. The van der Waals surface area contributed by atoms with E-state index in [1.807, 2.05) is 6.08 Å². The molecule has 2 rings (SSSR count). The summed E-state index contributed by atoms with van der Waals surface area (Å²) in [4.78, 5) is 22.8. The second kappa shape index (κ2) is 11.6. The zero-order valence-electron chi connectivity index (χ0n) is 16.7. The maximum Gasteiger partial charge on any atom is 0.313 e. The number of carbonyl (C=O) groups excluding carboxylic acids is 1. The van der Waals surface area contributed by atoms with E-state index in [0.717, 1.165) is 37.2 Å². The quantitative estimate of drug-likeness (QED) is 0.304. The summed E-state index contributed by atoms with van der Waals surface area (Å²) in [5.41, 5.74) is 0.282. The maximum atomic E-state index is 12.3. The predicted octanol–water partition coefficient (Wildman–Crippen LogP) is 3.52. The number of carboxylic acids is 1. The molecule has 0 aromatic rings. The third-order valence-corrected chi connectivity index (χ3v) is 8.36. The molecule has 2 aliphatic rings. The molecule has 1 unspecified atom stereocenters. The van der Waals surface area contributed by atoms with Gasteiger partial charge in [0.2, 0.25) is 0 Å². The minimum atomic E-state index is -0.807. The third kappa shape index (κ3) is 7.08. The number of aliphatic hydroxyl groups is 2. The zero-order valence-corrected chi connectivity index (χ0v) is 18.3. The van der Waals surface area contributed by atoms with Gasteiger partial charge in [-0.15, -0.1) is 11.8 Å². The van der Waals surface area contributed by atoms with Crippen LogP contribution in [0.2, 0.25) is 0 Å². The summed E-state index contributed by atoms with van der Waals surface area (Å²) in [6.07, 6.45) is 10.1. The van der Waals surface area contributed by atoms with Crippen molar-refractivity contribution in [3.63, 3.8) is 0 Å². The van der Waals surface area contributed by atoms with Gasteiger partial charge in [0.1, 0.15) is 5.78 Å². The van der Waals surface area contributed by atoms with E-state index in [0.29, 0.717) is 0 Å². The summed E-state index contributed by atoms with van der Waals surface area (Å²) < 4.78 is 0. The standard InChI is InChI=1S/C21H34O5S2/c1-2-7-21(8-3-9-21)13-15(22)5-6-16-17(23)12-18(24)20(16)28-11-4-10-27-14-19(25)26/h5-6,15-17,20,22-23H,2-4,7-14H2,1H3,(H,25,26)/b6-5+/t15?,16-,17+,20+/m0/s1. The molecule has 2 aliphatic carbocycles. The van der Waals surface area contributed by atoms with Crippen LogP contribution < -0.4 is 0 Å². The molecule has 5 nitrogen and oxygen atoms in total. The lowest BCUT2D eigenvalue weighted by molar-refractivity contribution is -0.133. The Morgan fingerprint density at radius 2 is 2.11 bits per heavy atom. The number of carbonyl (C=O) groups is 2. The Labute approximate surface area is 176 Å². The number of aliphatic carboxylic acids is 1. The Balaban J connectivity index is 1.81. The topological polar surface area (TPSA) is 94.8 Å². The van der Waals surface area contributed by atoms with Crippen LogP contribution in [0.4, 0.5) is 0 Å². The minimum absolute atomic E-state index is 0.0706. The first-order chi connectivity index (χ1) is 13.4. The van der Waals surface area contributed by atoms with Crippen LogP contribution in [0.25, 0.3) is 0 Å². The van der Waals surface area contributed by atoms with Crippen molar-refractivity contribution in [3.05, 3.63) is 12.2 Å². The molecule has 0 saturated heterocycles. The lowest BCUT2D eigenvalue weighted by Gasteiger charge is -2.43. The molecule has 0 spiro atoms. The number of thioether (sulfide) groups is 2. The van der Waals surface area contributed by atoms with Crippen molar-refractivity contribution in [2.45, 2.75) is 75.7 Å². The molecule has 160 valence electrons. The van der Waals surface area contributed by atoms with E-state index in [9.17, 15) is 19.8 Å². The van der Waals surface area contributed by atoms with Crippen LogP contribution in [0.5, 0.6) is 0 Å². The number of rotatable bonds is 13. The van der Waals surface area contributed by atoms with Gasteiger partial charge in [0.05, 0.1) is 23.2 Å². The maximum absolute atomic E-state index is 12.3. The van der Waals surface area contributed by atoms with Gasteiger partial charge in [0, 0.05) is 12.3 Å². The highest BCUT2D eigenvalue weighted by Gasteiger charge is 2.41. The van der Waals surface area contributed by atoms with Crippen molar-refractivity contribution >= 4 is 35.3 Å². The van der Waals surface area contributed by atoms with E-state index < -0.39 is 18.2 Å². The van der Waals surface area contributed by atoms with E-state index in [4.69, 9.17) is 5.11 Å². The highest BCUT2D eigenvalue weighted by atomic mass is 32.2. The van der Waals surface area contributed by atoms with E-state index in [1.54, 1.807) is 17.8 Å². The largest absolute Gasteiger partial charge is 0.481 e. The molecular formula is C21H34O5S2. The molecule has 0 bridgehead atoms. The Kier molecular flexibility index (Phi) is 9.87. The van der Waals surface area contributed by atoms with Gasteiger partial charge in [-0.2, -0.15) is 11.8 Å². The van der Waals surface area contributed by atoms with Crippen molar-refractivity contribution in [2.75, 3.05) is 17.3 Å². The van der Waals surface area contributed by atoms with Gasteiger partial charge < -0.3 is 15.3 Å². The first-order valence-corrected chi connectivity index (χ1v) is 12.6. The van der Waals surface area contributed by atoms with Crippen LogP contribution >= 0.6 is 23.5 Å². The molecule has 3 N–H and O–H groups in total. The second-order valence-electron chi connectivity index (χ2n) is 8.17. The zero-order chi connectivity index (χ0) is 20.6. The average Bonchev–Trinajstić information content (AvgIpc) is 2.87. The summed E-state index contributed by atoms with van der Waals surface area (Å²) in [5, 5.41) is 29.1. The Hall–Kier alpha value is -0.500. The van der Waals surface area contributed by atoms with Gasteiger partial charge in [-0.1, -0.05) is 31.9 Å². The van der Waals surface area contributed by atoms with Crippen molar-refractivity contribution < 1.29 is 24.9 Å². The van der Waals surface area contributed by atoms with Crippen molar-refractivity contribution in [1.29, 1.82) is 0 Å². The molecule has 7 heteroatoms. The van der Waals surface area contributed by atoms with Crippen LogP contribution in [0.1, 0.15) is 58.3 Å². The van der Waals surface area contributed by atoms with Crippen molar-refractivity contribution in [1.82, 2.24) is 0 Å². The van der Waals surface area contributed by atoms with Gasteiger partial charge in [0.15, 0.2) is 0 Å². The molecular weight excluding hydrogens is 396 g/mol. The third-order valence-electron chi connectivity index (χ3n) is 5.87. The first-order valence-electron chi connectivity index (χ1n) is 10.4. The Bertz CT molecular complexity index is 547. The van der Waals surface area contributed by atoms with E-state index in [2.05, 4.69) is 6.92 Å². The molecule has 0 aliphatic heterocycles. The fourth-order valence-corrected chi connectivity index (χ4v) is 6.56. The lowest BCUT2D eigenvalue weighted by Crippen LogP contribution is -2.33. The minimum Gasteiger partial charge on any atom is -0.481 e. The molecule has 0 radical (unpaired) electrons. The highest BCUT2D eigenvalue weighted by Crippen LogP contribution is 2.48. The molecule has 2 saturated carbocycles. The lowest BCUT2D eigenvalue weighted by atomic mass is 9.63. The van der Waals surface area contributed by atoms with Gasteiger partial charge in [0.25, 0.3) is 0 Å². The normalized spacial score (nSPS) is 27.8. The predicted molar refractivity (Wildman–Crippen MR) is 116 cm³/mol. The Morgan fingerprint density at radius 3 is 2.71 bits per heavy atom. The monoisotopic (exact) mass is 430 g/mol. The van der Waals surface area contributed by atoms with E-state index >= 15 is 0 Å². The van der Waals surface area contributed by atoms with Gasteiger partial charge >= 0.3 is 5.97 Å². The molecule has 0 aromatic heterocycles. The summed E-state index contributed by atoms with van der Waals surface area (Å²) in [6, 6.07) is 0. The van der Waals surface area contributed by atoms with E-state index in [-0.39, 0.29) is 34.5 Å². The molecule has 0 heterocycles. The fraction of sp³-hybridized carbons (Fsp3) is 0.810. The number of hydrogen-bond acceptors (Lipinski definition) is 6. The van der Waals surface area contributed by atoms with Crippen LogP contribution in [0, 0.1) is 11.3 Å². The molecule has 2 fully saturated rings. The summed E-state index contributed by atoms with van der Waals surface area (Å²) in [7, 11) is 0.